The van der Waals surface area contributed by atoms with E-state index in [0.717, 1.165) is 45.3 Å². The Morgan fingerprint density at radius 3 is 3.06 bits per heavy atom. The first-order valence-electron chi connectivity index (χ1n) is 6.08. The molecule has 0 aliphatic carbocycles. The van der Waals surface area contributed by atoms with Crippen LogP contribution in [0.2, 0.25) is 0 Å². The lowest BCUT2D eigenvalue weighted by atomic mass is 9.92. The van der Waals surface area contributed by atoms with Crippen LogP contribution in [0.1, 0.15) is 25.7 Å². The van der Waals surface area contributed by atoms with E-state index in [2.05, 4.69) is 33.4 Å². The molecule has 0 bridgehead atoms. The third-order valence-corrected chi connectivity index (χ3v) is 3.24. The summed E-state index contributed by atoms with van der Waals surface area (Å²) in [7, 11) is 2.09. The van der Waals surface area contributed by atoms with Crippen LogP contribution in [-0.4, -0.2) is 43.7 Å². The van der Waals surface area contributed by atoms with Crippen molar-refractivity contribution in [2.75, 3.05) is 33.2 Å². The highest BCUT2D eigenvalue weighted by Crippen LogP contribution is 2.21. The topological polar surface area (TPSA) is 87.8 Å². The van der Waals surface area contributed by atoms with Gasteiger partial charge in [0.15, 0.2) is 0 Å². The summed E-state index contributed by atoms with van der Waals surface area (Å²) in [6.45, 7) is 3.24. The van der Waals surface area contributed by atoms with Crippen LogP contribution in [0.5, 0.6) is 0 Å². The summed E-state index contributed by atoms with van der Waals surface area (Å²) in [6.07, 6.45) is 3.59. The molecule has 1 aliphatic rings. The minimum absolute atomic E-state index is 0.388. The van der Waals surface area contributed by atoms with Gasteiger partial charge in [-0.1, -0.05) is 5.11 Å². The lowest BCUT2D eigenvalue weighted by Gasteiger charge is -2.26. The molecule has 17 heavy (non-hydrogen) atoms. The molecule has 94 valence electrons. The normalized spacial score (nSPS) is 25.6. The van der Waals surface area contributed by atoms with Gasteiger partial charge in [0.1, 0.15) is 5.54 Å². The molecule has 0 radical (unpaired) electrons. The summed E-state index contributed by atoms with van der Waals surface area (Å²) in [5, 5.41) is 16.2. The van der Waals surface area contributed by atoms with Gasteiger partial charge in [-0.3, -0.25) is 5.32 Å². The molecular weight excluding hydrogens is 216 g/mol. The predicted molar refractivity (Wildman–Crippen MR) is 66.3 cm³/mol. The maximum atomic E-state index is 9.34. The summed E-state index contributed by atoms with van der Waals surface area (Å²) in [5.74, 6) is 0. The largest absolute Gasteiger partial charge is 0.306 e. The number of hydrogen-bond donors (Lipinski definition) is 1. The highest BCUT2D eigenvalue weighted by atomic mass is 15.1. The van der Waals surface area contributed by atoms with Crippen molar-refractivity contribution in [1.29, 1.82) is 5.26 Å². The minimum atomic E-state index is -0.388. The van der Waals surface area contributed by atoms with E-state index < -0.39 is 0 Å². The second-order valence-electron chi connectivity index (χ2n) is 4.59. The van der Waals surface area contributed by atoms with Crippen molar-refractivity contribution < 1.29 is 0 Å². The third kappa shape index (κ3) is 4.61. The number of nitrogens with one attached hydrogen (secondary N) is 1. The molecule has 1 fully saturated rings. The molecule has 0 amide bonds. The number of rotatable bonds is 5. The average molecular weight is 236 g/mol. The number of hydrogen-bond acceptors (Lipinski definition) is 4. The van der Waals surface area contributed by atoms with Crippen molar-refractivity contribution in [2.24, 2.45) is 5.11 Å². The van der Waals surface area contributed by atoms with Gasteiger partial charge in [0.05, 0.1) is 6.07 Å². The summed E-state index contributed by atoms with van der Waals surface area (Å²) in [4.78, 5) is 4.97. The quantitative estimate of drug-likeness (QED) is 0.341. The fourth-order valence-corrected chi connectivity index (χ4v) is 2.12. The number of nitrogens with zero attached hydrogens (tertiary/aromatic N) is 5. The smallest absolute Gasteiger partial charge is 0.108 e. The standard InChI is InChI=1S/C11H20N6/c1-17-8-2-4-11(10-12,5-9-17)14-6-3-7-15-16-13/h14H,2-9H2,1H3. The van der Waals surface area contributed by atoms with E-state index >= 15 is 0 Å². The predicted octanol–water partition coefficient (Wildman–Crippen LogP) is 1.65. The van der Waals surface area contributed by atoms with Crippen molar-refractivity contribution in [2.45, 2.75) is 31.2 Å². The first-order chi connectivity index (χ1) is 8.22. The molecule has 6 nitrogen and oxygen atoms in total. The van der Waals surface area contributed by atoms with Gasteiger partial charge in [-0.2, -0.15) is 5.26 Å². The van der Waals surface area contributed by atoms with Crippen molar-refractivity contribution in [3.63, 3.8) is 0 Å². The van der Waals surface area contributed by atoms with Crippen LogP contribution in [0.3, 0.4) is 0 Å². The third-order valence-electron chi connectivity index (χ3n) is 3.24. The van der Waals surface area contributed by atoms with Gasteiger partial charge in [-0.15, -0.1) is 0 Å². The van der Waals surface area contributed by atoms with Crippen molar-refractivity contribution in [3.8, 4) is 6.07 Å². The Bertz CT molecular complexity index is 316. The lowest BCUT2D eigenvalue weighted by Crippen LogP contribution is -2.45. The molecule has 0 aromatic carbocycles. The molecule has 1 saturated heterocycles. The molecule has 1 unspecified atom stereocenters. The van der Waals surface area contributed by atoms with Gasteiger partial charge < -0.3 is 4.90 Å². The van der Waals surface area contributed by atoms with Crippen LogP contribution in [0.15, 0.2) is 5.11 Å². The molecule has 0 aromatic heterocycles. The molecule has 1 aliphatic heterocycles. The Morgan fingerprint density at radius 1 is 1.53 bits per heavy atom. The lowest BCUT2D eigenvalue weighted by molar-refractivity contribution is 0.326. The summed E-state index contributed by atoms with van der Waals surface area (Å²) >= 11 is 0. The maximum absolute atomic E-state index is 9.34. The Morgan fingerprint density at radius 2 is 2.35 bits per heavy atom. The van der Waals surface area contributed by atoms with E-state index in [1.54, 1.807) is 0 Å². The second kappa shape index (κ2) is 7.13. The van der Waals surface area contributed by atoms with E-state index in [1.807, 2.05) is 0 Å². The Balaban J connectivity index is 2.40. The van der Waals surface area contributed by atoms with E-state index in [1.165, 1.54) is 0 Å². The summed E-state index contributed by atoms with van der Waals surface area (Å²) in [6, 6.07) is 2.43. The van der Waals surface area contributed by atoms with Crippen LogP contribution in [0.4, 0.5) is 0 Å². The number of likely N-dealkylation sites (tertiary alicyclic amines) is 1. The van der Waals surface area contributed by atoms with Gasteiger partial charge in [0, 0.05) is 18.0 Å². The SMILES string of the molecule is CN1CCCC(C#N)(NCCCN=[N+]=[N-])CC1. The molecule has 1 atom stereocenters. The van der Waals surface area contributed by atoms with Gasteiger partial charge in [-0.25, -0.2) is 0 Å². The van der Waals surface area contributed by atoms with Crippen LogP contribution < -0.4 is 5.32 Å². The zero-order chi connectivity index (χ0) is 12.6. The molecule has 0 aromatic rings. The minimum Gasteiger partial charge on any atom is -0.306 e. The number of nitriles is 1. The van der Waals surface area contributed by atoms with Gasteiger partial charge in [-0.05, 0) is 51.4 Å². The van der Waals surface area contributed by atoms with Crippen LogP contribution in [0, 0.1) is 11.3 Å². The second-order valence-corrected chi connectivity index (χ2v) is 4.59. The zero-order valence-corrected chi connectivity index (χ0v) is 10.4. The van der Waals surface area contributed by atoms with E-state index in [4.69, 9.17) is 5.53 Å². The van der Waals surface area contributed by atoms with Crippen molar-refractivity contribution in [1.82, 2.24) is 10.2 Å². The fraction of sp³-hybridized carbons (Fsp3) is 0.909. The van der Waals surface area contributed by atoms with Crippen LogP contribution in [0.25, 0.3) is 10.4 Å². The molecule has 1 rings (SSSR count). The molecule has 0 saturated carbocycles. The molecule has 1 N–H and O–H groups in total. The Hall–Kier alpha value is -1.28. The van der Waals surface area contributed by atoms with Gasteiger partial charge in [0.25, 0.3) is 0 Å². The monoisotopic (exact) mass is 236 g/mol. The highest BCUT2D eigenvalue weighted by molar-refractivity contribution is 5.08. The van der Waals surface area contributed by atoms with Gasteiger partial charge >= 0.3 is 0 Å². The summed E-state index contributed by atoms with van der Waals surface area (Å²) in [5.41, 5.74) is 7.77. The van der Waals surface area contributed by atoms with Crippen molar-refractivity contribution >= 4 is 0 Å². The molecular formula is C11H20N6. The van der Waals surface area contributed by atoms with E-state index in [0.29, 0.717) is 6.54 Å². The van der Waals surface area contributed by atoms with Crippen LogP contribution in [-0.2, 0) is 0 Å². The first-order valence-corrected chi connectivity index (χ1v) is 6.08. The molecule has 1 heterocycles. The Kier molecular flexibility index (Phi) is 5.78. The summed E-state index contributed by atoms with van der Waals surface area (Å²) < 4.78 is 0. The van der Waals surface area contributed by atoms with E-state index in [9.17, 15) is 5.26 Å². The fourth-order valence-electron chi connectivity index (χ4n) is 2.12. The number of azide groups is 1. The Labute approximate surface area is 102 Å². The zero-order valence-electron chi connectivity index (χ0n) is 10.4. The maximum Gasteiger partial charge on any atom is 0.108 e. The van der Waals surface area contributed by atoms with Crippen molar-refractivity contribution in [3.05, 3.63) is 10.4 Å². The first kappa shape index (κ1) is 13.8. The molecule has 6 heteroatoms. The highest BCUT2D eigenvalue weighted by Gasteiger charge is 2.30. The van der Waals surface area contributed by atoms with E-state index in [-0.39, 0.29) is 5.54 Å². The molecule has 0 spiro atoms. The average Bonchev–Trinajstić information content (AvgIpc) is 2.52. The van der Waals surface area contributed by atoms with Gasteiger partial charge in [0.2, 0.25) is 0 Å². The van der Waals surface area contributed by atoms with Crippen LogP contribution >= 0.6 is 0 Å².